The molecule has 1 saturated heterocycles. The van der Waals surface area contributed by atoms with Gasteiger partial charge < -0.3 is 15.4 Å². The van der Waals surface area contributed by atoms with Crippen LogP contribution in [0.1, 0.15) is 19.8 Å². The highest BCUT2D eigenvalue weighted by Crippen LogP contribution is 2.28. The Balaban J connectivity index is 2.17. The summed E-state index contributed by atoms with van der Waals surface area (Å²) in [5, 5.41) is 0. The minimum Gasteiger partial charge on any atom is -0.491 e. The van der Waals surface area contributed by atoms with Gasteiger partial charge in [-0.3, -0.25) is 0 Å². The lowest BCUT2D eigenvalue weighted by molar-refractivity contribution is 0.336. The number of rotatable bonds is 3. The van der Waals surface area contributed by atoms with Crippen LogP contribution < -0.4 is 15.4 Å². The summed E-state index contributed by atoms with van der Waals surface area (Å²) < 4.78 is 6.28. The monoisotopic (exact) mass is 299 g/mol. The van der Waals surface area contributed by atoms with Crippen molar-refractivity contribution in [2.24, 2.45) is 5.73 Å². The zero-order chi connectivity index (χ0) is 12.3. The predicted octanol–water partition coefficient (Wildman–Crippen LogP) is 2.17. The zero-order valence-electron chi connectivity index (χ0n) is 10.0. The van der Waals surface area contributed by atoms with E-state index >= 15 is 0 Å². The van der Waals surface area contributed by atoms with Gasteiger partial charge >= 0.3 is 0 Å². The van der Waals surface area contributed by atoms with Crippen LogP contribution in [0.2, 0.25) is 0 Å². The quantitative estimate of drug-likeness (QED) is 0.869. The fraction of sp³-hybridized carbons (Fsp3) is 0.583. The van der Waals surface area contributed by atoms with Gasteiger partial charge in [-0.15, -0.1) is 0 Å². The normalized spacial score (nSPS) is 20.4. The van der Waals surface area contributed by atoms with Crippen molar-refractivity contribution in [3.8, 4) is 5.75 Å². The van der Waals surface area contributed by atoms with E-state index in [1.54, 1.807) is 0 Å². The molecular weight excluding hydrogens is 282 g/mol. The van der Waals surface area contributed by atoms with Crippen LogP contribution in [0.5, 0.6) is 5.75 Å². The van der Waals surface area contributed by atoms with E-state index < -0.39 is 0 Å². The number of aromatic nitrogens is 1. The molecule has 1 fully saturated rings. The van der Waals surface area contributed by atoms with Crippen LogP contribution in [0.15, 0.2) is 16.9 Å². The molecule has 1 aromatic heterocycles. The van der Waals surface area contributed by atoms with E-state index in [2.05, 4.69) is 25.8 Å². The SMILES string of the molecule is CCOc1cc(N2CCC[C@@H](N)C2)cnc1Br. The lowest BCUT2D eigenvalue weighted by Gasteiger charge is -2.32. The Morgan fingerprint density at radius 3 is 3.18 bits per heavy atom. The molecule has 1 atom stereocenters. The van der Waals surface area contributed by atoms with Crippen molar-refractivity contribution in [3.63, 3.8) is 0 Å². The standard InChI is InChI=1S/C12H18BrN3O/c1-2-17-11-6-10(7-15-12(11)13)16-5-3-4-9(14)8-16/h6-7,9H,2-5,8,14H2,1H3/t9-/m1/s1. The maximum absolute atomic E-state index is 5.99. The highest BCUT2D eigenvalue weighted by atomic mass is 79.9. The Morgan fingerprint density at radius 1 is 1.65 bits per heavy atom. The molecule has 2 heterocycles. The minimum atomic E-state index is 0.267. The van der Waals surface area contributed by atoms with Crippen molar-refractivity contribution >= 4 is 21.6 Å². The van der Waals surface area contributed by atoms with Crippen molar-refractivity contribution in [2.45, 2.75) is 25.8 Å². The molecule has 0 aromatic carbocycles. The van der Waals surface area contributed by atoms with Crippen molar-refractivity contribution < 1.29 is 4.74 Å². The molecule has 0 amide bonds. The Morgan fingerprint density at radius 2 is 2.47 bits per heavy atom. The number of nitrogens with two attached hydrogens (primary N) is 1. The highest BCUT2D eigenvalue weighted by Gasteiger charge is 2.18. The molecule has 5 heteroatoms. The molecule has 1 aromatic rings. The van der Waals surface area contributed by atoms with E-state index in [0.29, 0.717) is 6.61 Å². The number of hydrogen-bond donors (Lipinski definition) is 1. The fourth-order valence-electron chi connectivity index (χ4n) is 2.09. The average molecular weight is 300 g/mol. The minimum absolute atomic E-state index is 0.267. The third-order valence-electron chi connectivity index (χ3n) is 2.92. The first-order chi connectivity index (χ1) is 8.20. The molecule has 0 unspecified atom stereocenters. The van der Waals surface area contributed by atoms with E-state index in [0.717, 1.165) is 42.0 Å². The molecule has 0 bridgehead atoms. The van der Waals surface area contributed by atoms with Gasteiger partial charge in [0.15, 0.2) is 5.75 Å². The third kappa shape index (κ3) is 3.10. The number of ether oxygens (including phenoxy) is 1. The first-order valence-electron chi connectivity index (χ1n) is 5.99. The molecule has 1 aliphatic heterocycles. The van der Waals surface area contributed by atoms with Crippen molar-refractivity contribution in [1.82, 2.24) is 4.98 Å². The molecule has 0 spiro atoms. The number of halogens is 1. The van der Waals surface area contributed by atoms with Gasteiger partial charge in [0.25, 0.3) is 0 Å². The molecule has 0 aliphatic carbocycles. The second-order valence-electron chi connectivity index (χ2n) is 4.26. The zero-order valence-corrected chi connectivity index (χ0v) is 11.6. The van der Waals surface area contributed by atoms with Crippen molar-refractivity contribution in [2.75, 3.05) is 24.6 Å². The third-order valence-corrected chi connectivity index (χ3v) is 3.51. The van der Waals surface area contributed by atoms with Crippen LogP contribution in [0.4, 0.5) is 5.69 Å². The smallest absolute Gasteiger partial charge is 0.154 e. The van der Waals surface area contributed by atoms with Gasteiger partial charge in [-0.1, -0.05) is 0 Å². The Kier molecular flexibility index (Phi) is 4.23. The molecule has 0 radical (unpaired) electrons. The fourth-order valence-corrected chi connectivity index (χ4v) is 2.42. The summed E-state index contributed by atoms with van der Waals surface area (Å²) in [6, 6.07) is 2.29. The number of hydrogen-bond acceptors (Lipinski definition) is 4. The lowest BCUT2D eigenvalue weighted by Crippen LogP contribution is -2.42. The molecule has 2 N–H and O–H groups in total. The molecule has 0 saturated carbocycles. The molecule has 2 rings (SSSR count). The Labute approximate surface area is 110 Å². The van der Waals surface area contributed by atoms with E-state index in [9.17, 15) is 0 Å². The predicted molar refractivity (Wildman–Crippen MR) is 72.5 cm³/mol. The number of pyridine rings is 1. The van der Waals surface area contributed by atoms with Gasteiger partial charge in [0.2, 0.25) is 0 Å². The van der Waals surface area contributed by atoms with Crippen LogP contribution >= 0.6 is 15.9 Å². The lowest BCUT2D eigenvalue weighted by atomic mass is 10.1. The van der Waals surface area contributed by atoms with Gasteiger partial charge in [0, 0.05) is 25.2 Å². The second-order valence-corrected chi connectivity index (χ2v) is 5.01. The number of anilines is 1. The maximum atomic E-state index is 5.99. The summed E-state index contributed by atoms with van der Waals surface area (Å²) >= 11 is 3.39. The van der Waals surface area contributed by atoms with Crippen LogP contribution in [-0.4, -0.2) is 30.7 Å². The summed E-state index contributed by atoms with van der Waals surface area (Å²) in [5.74, 6) is 0.796. The van der Waals surface area contributed by atoms with Gasteiger partial charge in [0.1, 0.15) is 4.60 Å². The molecule has 4 nitrogen and oxygen atoms in total. The first kappa shape index (κ1) is 12.6. The van der Waals surface area contributed by atoms with Gasteiger partial charge in [-0.2, -0.15) is 0 Å². The summed E-state index contributed by atoms with van der Waals surface area (Å²) in [6.07, 6.45) is 4.12. The molecule has 17 heavy (non-hydrogen) atoms. The van der Waals surface area contributed by atoms with Crippen LogP contribution in [0.25, 0.3) is 0 Å². The Bertz CT molecular complexity index is 386. The summed E-state index contributed by atoms with van der Waals surface area (Å²) in [6.45, 7) is 4.55. The number of nitrogens with zero attached hydrogens (tertiary/aromatic N) is 2. The van der Waals surface area contributed by atoms with E-state index in [-0.39, 0.29) is 6.04 Å². The van der Waals surface area contributed by atoms with E-state index in [1.165, 1.54) is 0 Å². The average Bonchev–Trinajstić information content (AvgIpc) is 2.32. The number of piperidine rings is 1. The second kappa shape index (κ2) is 5.69. The summed E-state index contributed by atoms with van der Waals surface area (Å²) in [4.78, 5) is 6.58. The van der Waals surface area contributed by atoms with Gasteiger partial charge in [-0.05, 0) is 35.7 Å². The van der Waals surface area contributed by atoms with Crippen molar-refractivity contribution in [1.29, 1.82) is 0 Å². The highest BCUT2D eigenvalue weighted by molar-refractivity contribution is 9.10. The molecule has 1 aliphatic rings. The largest absolute Gasteiger partial charge is 0.491 e. The van der Waals surface area contributed by atoms with E-state index in [1.807, 2.05) is 19.2 Å². The molecule has 94 valence electrons. The topological polar surface area (TPSA) is 51.4 Å². The van der Waals surface area contributed by atoms with Crippen LogP contribution in [0, 0.1) is 0 Å². The van der Waals surface area contributed by atoms with Gasteiger partial charge in [0.05, 0.1) is 18.5 Å². The van der Waals surface area contributed by atoms with Crippen LogP contribution in [-0.2, 0) is 0 Å². The van der Waals surface area contributed by atoms with Crippen LogP contribution in [0.3, 0.4) is 0 Å². The Hall–Kier alpha value is -0.810. The first-order valence-corrected chi connectivity index (χ1v) is 6.79. The molecular formula is C12H18BrN3O. The summed E-state index contributed by atoms with van der Waals surface area (Å²) in [5.41, 5.74) is 7.08. The summed E-state index contributed by atoms with van der Waals surface area (Å²) in [7, 11) is 0. The van der Waals surface area contributed by atoms with E-state index in [4.69, 9.17) is 10.5 Å². The van der Waals surface area contributed by atoms with Crippen molar-refractivity contribution in [3.05, 3.63) is 16.9 Å². The maximum Gasteiger partial charge on any atom is 0.154 e. The van der Waals surface area contributed by atoms with Gasteiger partial charge in [-0.25, -0.2) is 4.98 Å².